The van der Waals surface area contributed by atoms with Gasteiger partial charge in [0.25, 0.3) is 0 Å². The van der Waals surface area contributed by atoms with Crippen molar-refractivity contribution in [1.82, 2.24) is 9.97 Å². The molecule has 0 aliphatic heterocycles. The van der Waals surface area contributed by atoms with Crippen molar-refractivity contribution in [2.45, 2.75) is 31.2 Å². The second-order valence-electron chi connectivity index (χ2n) is 3.70. The number of carboxylic acid groups (broad SMARTS) is 1. The maximum absolute atomic E-state index is 11.0. The van der Waals surface area contributed by atoms with Crippen LogP contribution in [0.3, 0.4) is 0 Å². The summed E-state index contributed by atoms with van der Waals surface area (Å²) in [5, 5.41) is 8.80. The number of aromatic nitrogens is 2. The average Bonchev–Trinajstić information content (AvgIpc) is 2.25. The molecule has 0 amide bonds. The maximum Gasteiger partial charge on any atom is 0.319 e. The van der Waals surface area contributed by atoms with Crippen LogP contribution in [0.2, 0.25) is 0 Å². The van der Waals surface area contributed by atoms with Gasteiger partial charge in [-0.05, 0) is 26.3 Å². The smallest absolute Gasteiger partial charge is 0.319 e. The minimum Gasteiger partial charge on any atom is -0.480 e. The summed E-state index contributed by atoms with van der Waals surface area (Å²) in [6.07, 6.45) is 0. The van der Waals surface area contributed by atoms with Gasteiger partial charge in [0, 0.05) is 18.5 Å². The lowest BCUT2D eigenvalue weighted by molar-refractivity contribution is -0.137. The molecule has 6 heteroatoms. The third-order valence-corrected chi connectivity index (χ3v) is 3.47. The van der Waals surface area contributed by atoms with Crippen molar-refractivity contribution in [3.63, 3.8) is 0 Å². The van der Waals surface area contributed by atoms with E-state index in [2.05, 4.69) is 9.97 Å². The lowest BCUT2D eigenvalue weighted by Gasteiger charge is -2.11. The van der Waals surface area contributed by atoms with E-state index in [1.807, 2.05) is 20.8 Å². The number of aliphatic carboxylic acids is 1. The SMILES string of the molecule is COCC(Sc1nc(C)c(C)c(C)n1)C(=O)O. The molecule has 0 aliphatic carbocycles. The standard InChI is InChI=1S/C11H16N2O3S/c1-6-7(2)12-11(13-8(6)3)17-9(5-16-4)10(14)15/h9H,5H2,1-4H3,(H,14,15). The molecule has 1 atom stereocenters. The molecule has 1 rings (SSSR count). The zero-order chi connectivity index (χ0) is 13.0. The van der Waals surface area contributed by atoms with E-state index in [0.29, 0.717) is 5.16 Å². The highest BCUT2D eigenvalue weighted by molar-refractivity contribution is 8.00. The van der Waals surface area contributed by atoms with E-state index in [1.165, 1.54) is 7.11 Å². The second-order valence-corrected chi connectivity index (χ2v) is 4.87. The molecule has 1 N–H and O–H groups in total. The van der Waals surface area contributed by atoms with Crippen LogP contribution in [-0.2, 0) is 9.53 Å². The molecule has 0 fully saturated rings. The fraction of sp³-hybridized carbons (Fsp3) is 0.545. The molecule has 1 unspecified atom stereocenters. The molecular formula is C11H16N2O3S. The van der Waals surface area contributed by atoms with Crippen molar-refractivity contribution in [1.29, 1.82) is 0 Å². The van der Waals surface area contributed by atoms with E-state index >= 15 is 0 Å². The number of aryl methyl sites for hydroxylation is 2. The summed E-state index contributed by atoms with van der Waals surface area (Å²) in [4.78, 5) is 19.5. The number of methoxy groups -OCH3 is 1. The summed E-state index contributed by atoms with van der Waals surface area (Å²) in [6.45, 7) is 5.86. The average molecular weight is 256 g/mol. The summed E-state index contributed by atoms with van der Waals surface area (Å²) in [5.74, 6) is -0.920. The van der Waals surface area contributed by atoms with E-state index < -0.39 is 11.2 Å². The molecule has 0 aromatic carbocycles. The van der Waals surface area contributed by atoms with Gasteiger partial charge >= 0.3 is 5.97 Å². The van der Waals surface area contributed by atoms with Crippen LogP contribution in [0.5, 0.6) is 0 Å². The van der Waals surface area contributed by atoms with E-state index in [1.54, 1.807) is 0 Å². The normalized spacial score (nSPS) is 12.5. The summed E-state index contributed by atoms with van der Waals surface area (Å²) in [5.41, 5.74) is 2.79. The number of carboxylic acids is 1. The first-order chi connectivity index (χ1) is 7.95. The summed E-state index contributed by atoms with van der Waals surface area (Å²) >= 11 is 1.11. The third kappa shape index (κ3) is 3.67. The second kappa shape index (κ2) is 5.97. The third-order valence-electron chi connectivity index (χ3n) is 2.45. The van der Waals surface area contributed by atoms with Gasteiger partial charge < -0.3 is 9.84 Å². The zero-order valence-electron chi connectivity index (χ0n) is 10.4. The highest BCUT2D eigenvalue weighted by Gasteiger charge is 2.20. The molecule has 0 spiro atoms. The first-order valence-corrected chi connectivity index (χ1v) is 6.04. The fourth-order valence-corrected chi connectivity index (χ4v) is 2.17. The lowest BCUT2D eigenvalue weighted by Crippen LogP contribution is -2.22. The Morgan fingerprint density at radius 1 is 1.35 bits per heavy atom. The van der Waals surface area contributed by atoms with Gasteiger partial charge in [0.2, 0.25) is 0 Å². The Morgan fingerprint density at radius 2 is 1.88 bits per heavy atom. The minimum absolute atomic E-state index is 0.134. The fourth-order valence-electron chi connectivity index (χ4n) is 1.23. The number of rotatable bonds is 5. The number of hydrogen-bond acceptors (Lipinski definition) is 5. The van der Waals surface area contributed by atoms with Crippen LogP contribution in [0.15, 0.2) is 5.16 Å². The summed E-state index contributed by atoms with van der Waals surface area (Å²) in [6, 6.07) is 0. The Hall–Kier alpha value is -1.14. The van der Waals surface area contributed by atoms with E-state index in [4.69, 9.17) is 9.84 Å². The highest BCUT2D eigenvalue weighted by atomic mass is 32.2. The van der Waals surface area contributed by atoms with Crippen LogP contribution >= 0.6 is 11.8 Å². The number of ether oxygens (including phenoxy) is 1. The molecule has 5 nitrogen and oxygen atoms in total. The highest BCUT2D eigenvalue weighted by Crippen LogP contribution is 2.22. The summed E-state index contributed by atoms with van der Waals surface area (Å²) in [7, 11) is 1.48. The van der Waals surface area contributed by atoms with Gasteiger partial charge in [-0.2, -0.15) is 0 Å². The van der Waals surface area contributed by atoms with Crippen LogP contribution in [0.4, 0.5) is 0 Å². The number of hydrogen-bond donors (Lipinski definition) is 1. The Kier molecular flexibility index (Phi) is 4.89. The predicted octanol–water partition coefficient (Wildman–Crippen LogP) is 1.59. The molecule has 17 heavy (non-hydrogen) atoms. The van der Waals surface area contributed by atoms with Gasteiger partial charge in [-0.3, -0.25) is 4.79 Å². The van der Waals surface area contributed by atoms with Gasteiger partial charge in [-0.1, -0.05) is 11.8 Å². The number of nitrogens with zero attached hydrogens (tertiary/aromatic N) is 2. The largest absolute Gasteiger partial charge is 0.480 e. The molecular weight excluding hydrogens is 240 g/mol. The van der Waals surface area contributed by atoms with Crippen molar-refractivity contribution < 1.29 is 14.6 Å². The molecule has 0 bridgehead atoms. The van der Waals surface area contributed by atoms with Gasteiger partial charge in [-0.15, -0.1) is 0 Å². The van der Waals surface area contributed by atoms with Crippen LogP contribution in [0.1, 0.15) is 17.0 Å². The topological polar surface area (TPSA) is 72.3 Å². The first kappa shape index (κ1) is 13.9. The van der Waals surface area contributed by atoms with Crippen LogP contribution in [0, 0.1) is 20.8 Å². The van der Waals surface area contributed by atoms with E-state index in [9.17, 15) is 4.79 Å². The molecule has 0 saturated carbocycles. The van der Waals surface area contributed by atoms with Crippen LogP contribution in [0.25, 0.3) is 0 Å². The van der Waals surface area contributed by atoms with E-state index in [-0.39, 0.29) is 6.61 Å². The molecule has 1 aromatic heterocycles. The van der Waals surface area contributed by atoms with Gasteiger partial charge in [0.1, 0.15) is 5.25 Å². The minimum atomic E-state index is -0.920. The first-order valence-electron chi connectivity index (χ1n) is 5.16. The van der Waals surface area contributed by atoms with Crippen molar-refractivity contribution >= 4 is 17.7 Å². The lowest BCUT2D eigenvalue weighted by atomic mass is 10.2. The van der Waals surface area contributed by atoms with Crippen molar-refractivity contribution in [2.75, 3.05) is 13.7 Å². The Labute approximate surface area is 105 Å². The van der Waals surface area contributed by atoms with Crippen molar-refractivity contribution in [3.8, 4) is 0 Å². The zero-order valence-corrected chi connectivity index (χ0v) is 11.2. The van der Waals surface area contributed by atoms with Gasteiger partial charge in [0.15, 0.2) is 5.16 Å². The molecule has 1 aromatic rings. The Balaban J connectivity index is 2.90. The molecule has 0 radical (unpaired) electrons. The quantitative estimate of drug-likeness (QED) is 0.637. The number of thioether (sulfide) groups is 1. The van der Waals surface area contributed by atoms with Gasteiger partial charge in [0.05, 0.1) is 6.61 Å². The van der Waals surface area contributed by atoms with Gasteiger partial charge in [-0.25, -0.2) is 9.97 Å². The Bertz CT molecular complexity index is 400. The van der Waals surface area contributed by atoms with E-state index in [0.717, 1.165) is 28.7 Å². The molecule has 94 valence electrons. The number of carbonyl (C=O) groups is 1. The molecule has 1 heterocycles. The van der Waals surface area contributed by atoms with Crippen molar-refractivity contribution in [3.05, 3.63) is 17.0 Å². The monoisotopic (exact) mass is 256 g/mol. The van der Waals surface area contributed by atoms with Crippen LogP contribution in [-0.4, -0.2) is 40.0 Å². The molecule has 0 saturated heterocycles. The molecule has 0 aliphatic rings. The van der Waals surface area contributed by atoms with Crippen LogP contribution < -0.4 is 0 Å². The van der Waals surface area contributed by atoms with Crippen molar-refractivity contribution in [2.24, 2.45) is 0 Å². The summed E-state index contributed by atoms with van der Waals surface area (Å²) < 4.78 is 4.86. The predicted molar refractivity (Wildman–Crippen MR) is 65.4 cm³/mol. The maximum atomic E-state index is 11.0. The Morgan fingerprint density at radius 3 is 2.29 bits per heavy atom.